The van der Waals surface area contributed by atoms with E-state index in [1.165, 1.54) is 0 Å². The summed E-state index contributed by atoms with van der Waals surface area (Å²) in [6.45, 7) is 5.77. The summed E-state index contributed by atoms with van der Waals surface area (Å²) >= 11 is 0. The van der Waals surface area contributed by atoms with Crippen molar-refractivity contribution in [2.45, 2.75) is 45.6 Å². The van der Waals surface area contributed by atoms with Gasteiger partial charge >= 0.3 is 0 Å². The molecule has 1 aromatic rings. The molecule has 1 aliphatic rings. The summed E-state index contributed by atoms with van der Waals surface area (Å²) in [6.07, 6.45) is 3.86. The zero-order valence-corrected chi connectivity index (χ0v) is 13.1. The SMILES string of the molecule is CCNc1ccc(C)cc1C(=O)N1CCCCC1CCO. The highest BCUT2D eigenvalue weighted by Gasteiger charge is 2.28. The second-order valence-corrected chi connectivity index (χ2v) is 5.74. The fourth-order valence-corrected chi connectivity index (χ4v) is 3.05. The Labute approximate surface area is 127 Å². The number of amides is 1. The topological polar surface area (TPSA) is 52.6 Å². The van der Waals surface area contributed by atoms with Gasteiger partial charge in [-0.3, -0.25) is 4.79 Å². The summed E-state index contributed by atoms with van der Waals surface area (Å²) in [6, 6.07) is 6.14. The summed E-state index contributed by atoms with van der Waals surface area (Å²) < 4.78 is 0. The average Bonchev–Trinajstić information content (AvgIpc) is 2.49. The molecule has 1 amide bonds. The molecule has 0 aliphatic carbocycles. The first-order valence-corrected chi connectivity index (χ1v) is 7.93. The van der Waals surface area contributed by atoms with E-state index in [0.29, 0.717) is 6.42 Å². The fraction of sp³-hybridized carbons (Fsp3) is 0.588. The molecular weight excluding hydrogens is 264 g/mol. The first-order chi connectivity index (χ1) is 10.2. The van der Waals surface area contributed by atoms with Crippen molar-refractivity contribution in [2.24, 2.45) is 0 Å². The van der Waals surface area contributed by atoms with Crippen LogP contribution in [0.25, 0.3) is 0 Å². The van der Waals surface area contributed by atoms with E-state index in [9.17, 15) is 9.90 Å². The van der Waals surface area contributed by atoms with E-state index in [1.54, 1.807) is 0 Å². The van der Waals surface area contributed by atoms with Gasteiger partial charge in [0.05, 0.1) is 5.56 Å². The van der Waals surface area contributed by atoms with Gasteiger partial charge in [0.2, 0.25) is 0 Å². The number of hydrogen-bond donors (Lipinski definition) is 2. The van der Waals surface area contributed by atoms with Crippen LogP contribution in [0.4, 0.5) is 5.69 Å². The van der Waals surface area contributed by atoms with Crippen LogP contribution in [0, 0.1) is 6.92 Å². The molecule has 1 aliphatic heterocycles. The monoisotopic (exact) mass is 290 g/mol. The van der Waals surface area contributed by atoms with Crippen molar-refractivity contribution in [3.05, 3.63) is 29.3 Å². The molecule has 0 spiro atoms. The number of likely N-dealkylation sites (tertiary alicyclic amines) is 1. The van der Waals surface area contributed by atoms with Crippen molar-refractivity contribution in [3.63, 3.8) is 0 Å². The number of carbonyl (C=O) groups excluding carboxylic acids is 1. The number of carbonyl (C=O) groups is 1. The van der Waals surface area contributed by atoms with E-state index in [2.05, 4.69) is 5.32 Å². The summed E-state index contributed by atoms with van der Waals surface area (Å²) in [5.41, 5.74) is 2.75. The molecule has 21 heavy (non-hydrogen) atoms. The molecule has 1 unspecified atom stereocenters. The van der Waals surface area contributed by atoms with Gasteiger partial charge < -0.3 is 15.3 Å². The molecule has 4 heteroatoms. The number of aliphatic hydroxyl groups is 1. The summed E-state index contributed by atoms with van der Waals surface area (Å²) in [7, 11) is 0. The van der Waals surface area contributed by atoms with Crippen molar-refractivity contribution in [1.82, 2.24) is 4.90 Å². The number of nitrogens with one attached hydrogen (secondary N) is 1. The normalized spacial score (nSPS) is 18.6. The number of nitrogens with zero attached hydrogens (tertiary/aromatic N) is 1. The molecule has 2 N–H and O–H groups in total. The van der Waals surface area contributed by atoms with Crippen LogP contribution in [0.15, 0.2) is 18.2 Å². The average molecular weight is 290 g/mol. The molecule has 1 heterocycles. The third-order valence-electron chi connectivity index (χ3n) is 4.12. The maximum atomic E-state index is 12.9. The van der Waals surface area contributed by atoms with E-state index >= 15 is 0 Å². The summed E-state index contributed by atoms with van der Waals surface area (Å²) in [5, 5.41) is 12.5. The first-order valence-electron chi connectivity index (χ1n) is 7.93. The predicted molar refractivity (Wildman–Crippen MR) is 85.7 cm³/mol. The molecule has 1 saturated heterocycles. The zero-order valence-electron chi connectivity index (χ0n) is 13.1. The van der Waals surface area contributed by atoms with E-state index in [4.69, 9.17) is 0 Å². The molecule has 1 atom stereocenters. The maximum Gasteiger partial charge on any atom is 0.256 e. The van der Waals surface area contributed by atoms with Gasteiger partial charge in [0, 0.05) is 31.4 Å². The lowest BCUT2D eigenvalue weighted by Gasteiger charge is -2.36. The second-order valence-electron chi connectivity index (χ2n) is 5.74. The smallest absolute Gasteiger partial charge is 0.256 e. The van der Waals surface area contributed by atoms with Gasteiger partial charge in [0.25, 0.3) is 5.91 Å². The number of rotatable bonds is 5. The van der Waals surface area contributed by atoms with Gasteiger partial charge in [0.15, 0.2) is 0 Å². The number of benzene rings is 1. The van der Waals surface area contributed by atoms with Crippen LogP contribution in [-0.2, 0) is 0 Å². The largest absolute Gasteiger partial charge is 0.396 e. The highest BCUT2D eigenvalue weighted by molar-refractivity contribution is 6.00. The Hall–Kier alpha value is -1.55. The molecule has 2 rings (SSSR count). The van der Waals surface area contributed by atoms with Crippen LogP contribution >= 0.6 is 0 Å². The van der Waals surface area contributed by atoms with Crippen LogP contribution in [-0.4, -0.2) is 41.7 Å². The third kappa shape index (κ3) is 3.76. The van der Waals surface area contributed by atoms with Gasteiger partial charge in [0.1, 0.15) is 0 Å². The Kier molecular flexibility index (Phi) is 5.62. The van der Waals surface area contributed by atoms with Crippen LogP contribution in [0.5, 0.6) is 0 Å². The molecule has 1 aromatic carbocycles. The minimum atomic E-state index is 0.0906. The Balaban J connectivity index is 2.26. The number of hydrogen-bond acceptors (Lipinski definition) is 3. The summed E-state index contributed by atoms with van der Waals surface area (Å²) in [4.78, 5) is 14.9. The van der Waals surface area contributed by atoms with E-state index in [1.807, 2.05) is 36.9 Å². The predicted octanol–water partition coefficient (Wildman–Crippen LogP) is 2.80. The van der Waals surface area contributed by atoms with Crippen LogP contribution in [0.1, 0.15) is 48.5 Å². The first kappa shape index (κ1) is 15.8. The van der Waals surface area contributed by atoms with Crippen molar-refractivity contribution in [1.29, 1.82) is 0 Å². The summed E-state index contributed by atoms with van der Waals surface area (Å²) in [5.74, 6) is 0.0906. The Bertz CT molecular complexity index is 486. The minimum Gasteiger partial charge on any atom is -0.396 e. The molecule has 1 fully saturated rings. The zero-order chi connectivity index (χ0) is 15.2. The molecule has 0 aromatic heterocycles. The van der Waals surface area contributed by atoms with Gasteiger partial charge in [-0.2, -0.15) is 0 Å². The number of aryl methyl sites for hydroxylation is 1. The van der Waals surface area contributed by atoms with Gasteiger partial charge in [-0.1, -0.05) is 11.6 Å². The van der Waals surface area contributed by atoms with Crippen molar-refractivity contribution in [3.8, 4) is 0 Å². The minimum absolute atomic E-state index is 0.0906. The Morgan fingerprint density at radius 3 is 2.95 bits per heavy atom. The van der Waals surface area contributed by atoms with Crippen LogP contribution < -0.4 is 5.32 Å². The van der Waals surface area contributed by atoms with Gasteiger partial charge in [-0.05, 0) is 51.7 Å². The lowest BCUT2D eigenvalue weighted by Crippen LogP contribution is -2.44. The van der Waals surface area contributed by atoms with E-state index < -0.39 is 0 Å². The number of piperidine rings is 1. The lowest BCUT2D eigenvalue weighted by molar-refractivity contribution is 0.0575. The van der Waals surface area contributed by atoms with E-state index in [0.717, 1.165) is 49.2 Å². The third-order valence-corrected chi connectivity index (χ3v) is 4.12. The molecule has 0 bridgehead atoms. The highest BCUT2D eigenvalue weighted by atomic mass is 16.3. The van der Waals surface area contributed by atoms with Gasteiger partial charge in [-0.25, -0.2) is 0 Å². The Morgan fingerprint density at radius 2 is 2.24 bits per heavy atom. The van der Waals surface area contributed by atoms with Crippen molar-refractivity contribution < 1.29 is 9.90 Å². The second kappa shape index (κ2) is 7.46. The molecule has 0 saturated carbocycles. The fourth-order valence-electron chi connectivity index (χ4n) is 3.05. The number of aliphatic hydroxyl groups excluding tert-OH is 1. The standard InChI is InChI=1S/C17H26N2O2/c1-3-18-16-8-7-13(2)12-15(16)17(21)19-10-5-4-6-14(19)9-11-20/h7-8,12,14,18,20H,3-6,9-11H2,1-2H3. The lowest BCUT2D eigenvalue weighted by atomic mass is 9.97. The van der Waals surface area contributed by atoms with Crippen LogP contribution in [0.3, 0.4) is 0 Å². The van der Waals surface area contributed by atoms with Crippen molar-refractivity contribution in [2.75, 3.05) is 25.0 Å². The number of anilines is 1. The Morgan fingerprint density at radius 1 is 1.43 bits per heavy atom. The van der Waals surface area contributed by atoms with Gasteiger partial charge in [-0.15, -0.1) is 0 Å². The molecule has 116 valence electrons. The quantitative estimate of drug-likeness (QED) is 0.876. The molecular formula is C17H26N2O2. The molecule has 4 nitrogen and oxygen atoms in total. The van der Waals surface area contributed by atoms with Crippen LogP contribution in [0.2, 0.25) is 0 Å². The van der Waals surface area contributed by atoms with E-state index in [-0.39, 0.29) is 18.6 Å². The van der Waals surface area contributed by atoms with Crippen molar-refractivity contribution >= 4 is 11.6 Å². The maximum absolute atomic E-state index is 12.9. The highest BCUT2D eigenvalue weighted by Crippen LogP contribution is 2.25. The molecule has 0 radical (unpaired) electrons.